The molecule has 22 heavy (non-hydrogen) atoms. The van der Waals surface area contributed by atoms with Gasteiger partial charge in [0.2, 0.25) is 5.78 Å². The van der Waals surface area contributed by atoms with Crippen molar-refractivity contribution in [3.63, 3.8) is 0 Å². The van der Waals surface area contributed by atoms with Gasteiger partial charge in [0.25, 0.3) is 11.8 Å². The van der Waals surface area contributed by atoms with Gasteiger partial charge in [-0.1, -0.05) is 30.3 Å². The van der Waals surface area contributed by atoms with Gasteiger partial charge in [-0.3, -0.25) is 9.78 Å². The highest BCUT2D eigenvalue weighted by Crippen LogP contribution is 2.36. The zero-order chi connectivity index (χ0) is 15.1. The lowest BCUT2D eigenvalue weighted by Gasteiger charge is -1.95. The summed E-state index contributed by atoms with van der Waals surface area (Å²) in [5, 5.41) is 18.0. The van der Waals surface area contributed by atoms with Crippen molar-refractivity contribution in [3.8, 4) is 11.6 Å². The van der Waals surface area contributed by atoms with Gasteiger partial charge in [0.1, 0.15) is 17.0 Å². The number of pyridine rings is 1. The molecule has 0 amide bonds. The van der Waals surface area contributed by atoms with E-state index in [1.54, 1.807) is 48.7 Å². The Labute approximate surface area is 124 Å². The van der Waals surface area contributed by atoms with E-state index >= 15 is 0 Å². The van der Waals surface area contributed by atoms with Crippen LogP contribution in [0.25, 0.3) is 22.9 Å². The minimum Gasteiger partial charge on any atom is -0.506 e. The molecule has 0 saturated heterocycles. The monoisotopic (exact) mass is 291 g/mol. The topological polar surface area (TPSA) is 89.1 Å². The first kappa shape index (κ1) is 12.5. The summed E-state index contributed by atoms with van der Waals surface area (Å²) in [5.41, 5.74) is 1.42. The van der Waals surface area contributed by atoms with Crippen LogP contribution in [0.2, 0.25) is 0 Å². The van der Waals surface area contributed by atoms with Crippen molar-refractivity contribution in [2.45, 2.75) is 0 Å². The number of benzene rings is 1. The van der Waals surface area contributed by atoms with E-state index in [1.165, 1.54) is 0 Å². The first-order chi connectivity index (χ1) is 10.8. The van der Waals surface area contributed by atoms with Crippen molar-refractivity contribution in [3.05, 3.63) is 65.7 Å². The second-order valence-electron chi connectivity index (χ2n) is 4.73. The molecule has 0 fully saturated rings. The Morgan fingerprint density at radius 3 is 2.36 bits per heavy atom. The van der Waals surface area contributed by atoms with Gasteiger partial charge >= 0.3 is 0 Å². The van der Waals surface area contributed by atoms with E-state index in [4.69, 9.17) is 4.42 Å². The normalized spacial score (nSPS) is 13.5. The maximum Gasteiger partial charge on any atom is 0.266 e. The predicted molar refractivity (Wildman–Crippen MR) is 77.7 cm³/mol. The number of hydrogen-bond acceptors (Lipinski definition) is 6. The summed E-state index contributed by atoms with van der Waals surface area (Å²) in [6.07, 6.45) is 1.60. The number of carbonyl (C=O) groups is 1. The molecule has 4 rings (SSSR count). The molecule has 1 aliphatic carbocycles. The Hall–Kier alpha value is -3.28. The lowest BCUT2D eigenvalue weighted by Crippen LogP contribution is -1.98. The second-order valence-corrected chi connectivity index (χ2v) is 4.73. The summed E-state index contributed by atoms with van der Waals surface area (Å²) in [4.78, 5) is 16.5. The first-order valence-corrected chi connectivity index (χ1v) is 6.58. The van der Waals surface area contributed by atoms with Crippen LogP contribution in [0.3, 0.4) is 0 Å². The van der Waals surface area contributed by atoms with Gasteiger partial charge in [-0.15, -0.1) is 10.2 Å². The molecule has 0 saturated carbocycles. The molecule has 2 aromatic heterocycles. The van der Waals surface area contributed by atoms with E-state index in [1.807, 2.05) is 0 Å². The summed E-state index contributed by atoms with van der Waals surface area (Å²) < 4.78 is 5.50. The Bertz CT molecular complexity index is 913. The molecule has 6 heteroatoms. The average Bonchev–Trinajstić information content (AvgIpc) is 3.13. The molecule has 3 aromatic rings. The zero-order valence-corrected chi connectivity index (χ0v) is 11.2. The lowest BCUT2D eigenvalue weighted by molar-refractivity contribution is 0.105. The number of allylic oxidation sites excluding steroid dienone is 1. The molecule has 0 aliphatic heterocycles. The molecule has 1 N–H and O–H groups in total. The van der Waals surface area contributed by atoms with E-state index in [9.17, 15) is 9.90 Å². The van der Waals surface area contributed by atoms with Crippen molar-refractivity contribution < 1.29 is 14.3 Å². The van der Waals surface area contributed by atoms with E-state index in [2.05, 4.69) is 15.2 Å². The van der Waals surface area contributed by atoms with Gasteiger partial charge in [0.05, 0.1) is 0 Å². The molecule has 6 nitrogen and oxygen atoms in total. The molecule has 106 valence electrons. The molecule has 0 atom stereocenters. The van der Waals surface area contributed by atoms with Crippen molar-refractivity contribution in [2.75, 3.05) is 0 Å². The van der Waals surface area contributed by atoms with Crippen LogP contribution in [0, 0.1) is 0 Å². The number of hydrogen-bond donors (Lipinski definition) is 1. The molecule has 0 radical (unpaired) electrons. The Kier molecular flexibility index (Phi) is 2.62. The third-order valence-electron chi connectivity index (χ3n) is 3.41. The molecule has 0 unspecified atom stereocenters. The number of aliphatic hydroxyl groups is 1. The molecule has 0 bridgehead atoms. The number of Topliss-reactive ketones (excluding diaryl/α,β-unsaturated/α-hetero) is 1. The number of aliphatic hydroxyl groups excluding tert-OH is 1. The second kappa shape index (κ2) is 4.63. The standard InChI is InChI=1S/C16H9N3O3/c20-13-9-5-1-2-6-10(9)14(21)12(13)16-19-18-15(22-16)11-7-3-4-8-17-11/h1-8,20H. The lowest BCUT2D eigenvalue weighted by atomic mass is 10.1. The quantitative estimate of drug-likeness (QED) is 0.781. The van der Waals surface area contributed by atoms with Crippen molar-refractivity contribution in [2.24, 2.45) is 0 Å². The molecular formula is C16H9N3O3. The highest BCUT2D eigenvalue weighted by Gasteiger charge is 2.33. The molecule has 2 heterocycles. The van der Waals surface area contributed by atoms with Gasteiger partial charge in [-0.2, -0.15) is 0 Å². The Balaban J connectivity index is 1.80. The minimum absolute atomic E-state index is 0.0145. The van der Waals surface area contributed by atoms with Gasteiger partial charge in [-0.05, 0) is 12.1 Å². The Morgan fingerprint density at radius 2 is 1.64 bits per heavy atom. The summed E-state index contributed by atoms with van der Waals surface area (Å²) in [6, 6.07) is 12.1. The fraction of sp³-hybridized carbons (Fsp3) is 0. The minimum atomic E-state index is -0.329. The van der Waals surface area contributed by atoms with Gasteiger partial charge in [-0.25, -0.2) is 0 Å². The van der Waals surface area contributed by atoms with Crippen LogP contribution in [-0.4, -0.2) is 26.1 Å². The SMILES string of the molecule is O=C1C(c2nnc(-c3ccccn3)o2)=C(O)c2ccccc21. The zero-order valence-electron chi connectivity index (χ0n) is 11.2. The van der Waals surface area contributed by atoms with Crippen LogP contribution in [0.5, 0.6) is 0 Å². The number of aromatic nitrogens is 3. The number of rotatable bonds is 2. The van der Waals surface area contributed by atoms with Crippen LogP contribution in [0.1, 0.15) is 21.8 Å². The van der Waals surface area contributed by atoms with E-state index < -0.39 is 0 Å². The molecule has 0 spiro atoms. The Morgan fingerprint density at radius 1 is 0.909 bits per heavy atom. The van der Waals surface area contributed by atoms with Crippen LogP contribution < -0.4 is 0 Å². The maximum absolute atomic E-state index is 12.4. The summed E-state index contributed by atoms with van der Waals surface area (Å²) in [6.45, 7) is 0. The highest BCUT2D eigenvalue weighted by atomic mass is 16.4. The average molecular weight is 291 g/mol. The maximum atomic E-state index is 12.4. The van der Waals surface area contributed by atoms with Crippen molar-refractivity contribution >= 4 is 17.1 Å². The smallest absolute Gasteiger partial charge is 0.266 e. The van der Waals surface area contributed by atoms with E-state index in [-0.39, 0.29) is 28.9 Å². The number of fused-ring (bicyclic) bond motifs is 1. The molecular weight excluding hydrogens is 282 g/mol. The van der Waals surface area contributed by atoms with Crippen molar-refractivity contribution in [1.82, 2.24) is 15.2 Å². The number of nitrogens with zero attached hydrogens (tertiary/aromatic N) is 3. The van der Waals surface area contributed by atoms with Crippen LogP contribution in [-0.2, 0) is 0 Å². The van der Waals surface area contributed by atoms with Crippen LogP contribution in [0.15, 0.2) is 53.1 Å². The summed E-state index contributed by atoms with van der Waals surface area (Å²) in [5.74, 6) is -0.292. The predicted octanol–water partition coefficient (Wildman–Crippen LogP) is 2.75. The van der Waals surface area contributed by atoms with Crippen LogP contribution >= 0.6 is 0 Å². The number of carbonyl (C=O) groups excluding carboxylic acids is 1. The summed E-state index contributed by atoms with van der Waals surface area (Å²) in [7, 11) is 0. The number of ketones is 1. The van der Waals surface area contributed by atoms with Gasteiger partial charge in [0.15, 0.2) is 0 Å². The van der Waals surface area contributed by atoms with Gasteiger partial charge in [0, 0.05) is 17.3 Å². The van der Waals surface area contributed by atoms with E-state index in [0.29, 0.717) is 16.8 Å². The fourth-order valence-corrected chi connectivity index (χ4v) is 2.38. The molecule has 1 aromatic carbocycles. The first-order valence-electron chi connectivity index (χ1n) is 6.58. The molecule has 1 aliphatic rings. The van der Waals surface area contributed by atoms with Crippen molar-refractivity contribution in [1.29, 1.82) is 0 Å². The summed E-state index contributed by atoms with van der Waals surface area (Å²) >= 11 is 0. The largest absolute Gasteiger partial charge is 0.506 e. The van der Waals surface area contributed by atoms with Crippen LogP contribution in [0.4, 0.5) is 0 Å². The van der Waals surface area contributed by atoms with E-state index in [0.717, 1.165) is 0 Å². The van der Waals surface area contributed by atoms with Gasteiger partial charge < -0.3 is 9.52 Å². The third-order valence-corrected chi connectivity index (χ3v) is 3.41. The fourth-order valence-electron chi connectivity index (χ4n) is 2.38. The third kappa shape index (κ3) is 1.74. The highest BCUT2D eigenvalue weighted by molar-refractivity contribution is 6.38.